The summed E-state index contributed by atoms with van der Waals surface area (Å²) in [6.07, 6.45) is 0. The molecule has 3 nitrogen and oxygen atoms in total. The van der Waals surface area contributed by atoms with Crippen LogP contribution in [0.25, 0.3) is 0 Å². The SMILES string of the molecule is Cc1cccc(CNc2nc(C)cs2)n1. The number of aryl methyl sites for hydroxylation is 2. The van der Waals surface area contributed by atoms with E-state index in [9.17, 15) is 0 Å². The molecule has 0 unspecified atom stereocenters. The van der Waals surface area contributed by atoms with E-state index in [0.29, 0.717) is 0 Å². The van der Waals surface area contributed by atoms with E-state index in [4.69, 9.17) is 0 Å². The minimum absolute atomic E-state index is 0.731. The quantitative estimate of drug-likeness (QED) is 0.862. The summed E-state index contributed by atoms with van der Waals surface area (Å²) in [4.78, 5) is 8.74. The minimum Gasteiger partial charge on any atom is -0.356 e. The van der Waals surface area contributed by atoms with Crippen LogP contribution in [-0.2, 0) is 6.54 Å². The average Bonchev–Trinajstić information content (AvgIpc) is 2.62. The number of rotatable bonds is 3. The zero-order valence-corrected chi connectivity index (χ0v) is 9.64. The summed E-state index contributed by atoms with van der Waals surface area (Å²) >= 11 is 1.62. The summed E-state index contributed by atoms with van der Waals surface area (Å²) in [6.45, 7) is 4.72. The van der Waals surface area contributed by atoms with Crippen molar-refractivity contribution in [1.29, 1.82) is 0 Å². The number of pyridine rings is 1. The fourth-order valence-electron chi connectivity index (χ4n) is 1.30. The van der Waals surface area contributed by atoms with Gasteiger partial charge in [0.05, 0.1) is 17.9 Å². The average molecular weight is 219 g/mol. The maximum absolute atomic E-state index is 4.41. The molecule has 0 atom stereocenters. The van der Waals surface area contributed by atoms with E-state index in [1.54, 1.807) is 11.3 Å². The van der Waals surface area contributed by atoms with Crippen LogP contribution in [0, 0.1) is 13.8 Å². The van der Waals surface area contributed by atoms with Gasteiger partial charge in [-0.2, -0.15) is 0 Å². The third kappa shape index (κ3) is 2.76. The van der Waals surface area contributed by atoms with Crippen LogP contribution >= 0.6 is 11.3 Å². The second-order valence-electron chi connectivity index (χ2n) is 3.42. The molecule has 0 aliphatic carbocycles. The predicted octanol–water partition coefficient (Wildman–Crippen LogP) is 2.77. The van der Waals surface area contributed by atoms with Gasteiger partial charge in [0.1, 0.15) is 0 Å². The van der Waals surface area contributed by atoms with Gasteiger partial charge in [-0.1, -0.05) is 6.07 Å². The van der Waals surface area contributed by atoms with Crippen molar-refractivity contribution in [2.45, 2.75) is 20.4 Å². The molecule has 78 valence electrons. The molecule has 0 bridgehead atoms. The Balaban J connectivity index is 1.99. The van der Waals surface area contributed by atoms with Crippen molar-refractivity contribution in [2.75, 3.05) is 5.32 Å². The molecule has 0 aliphatic heterocycles. The number of aromatic nitrogens is 2. The summed E-state index contributed by atoms with van der Waals surface area (Å²) < 4.78 is 0. The van der Waals surface area contributed by atoms with Gasteiger partial charge >= 0.3 is 0 Å². The van der Waals surface area contributed by atoms with Crippen LogP contribution in [0.1, 0.15) is 17.1 Å². The Morgan fingerprint density at radius 2 is 2.07 bits per heavy atom. The summed E-state index contributed by atoms with van der Waals surface area (Å²) in [5.74, 6) is 0. The lowest BCUT2D eigenvalue weighted by molar-refractivity contribution is 1.01. The molecule has 2 heterocycles. The smallest absolute Gasteiger partial charge is 0.183 e. The van der Waals surface area contributed by atoms with Gasteiger partial charge in [0.15, 0.2) is 5.13 Å². The van der Waals surface area contributed by atoms with Gasteiger partial charge in [0, 0.05) is 11.1 Å². The third-order valence-electron chi connectivity index (χ3n) is 1.99. The highest BCUT2D eigenvalue weighted by Gasteiger charge is 1.98. The molecule has 0 fully saturated rings. The Kier molecular flexibility index (Phi) is 2.97. The molecule has 0 amide bonds. The minimum atomic E-state index is 0.731. The van der Waals surface area contributed by atoms with Crippen LogP contribution < -0.4 is 5.32 Å². The zero-order chi connectivity index (χ0) is 10.7. The van der Waals surface area contributed by atoms with E-state index in [0.717, 1.165) is 28.8 Å². The number of hydrogen-bond donors (Lipinski definition) is 1. The van der Waals surface area contributed by atoms with Crippen molar-refractivity contribution in [1.82, 2.24) is 9.97 Å². The summed E-state index contributed by atoms with van der Waals surface area (Å²) in [7, 11) is 0. The lowest BCUT2D eigenvalue weighted by atomic mass is 10.3. The van der Waals surface area contributed by atoms with Crippen LogP contribution in [0.2, 0.25) is 0 Å². The van der Waals surface area contributed by atoms with E-state index in [2.05, 4.69) is 15.3 Å². The molecule has 2 aromatic rings. The monoisotopic (exact) mass is 219 g/mol. The molecular formula is C11H13N3S. The highest BCUT2D eigenvalue weighted by Crippen LogP contribution is 2.15. The van der Waals surface area contributed by atoms with E-state index in [1.807, 2.05) is 37.4 Å². The first-order chi connectivity index (χ1) is 7.24. The van der Waals surface area contributed by atoms with Crippen molar-refractivity contribution in [3.05, 3.63) is 40.7 Å². The lowest BCUT2D eigenvalue weighted by Crippen LogP contribution is -2.01. The van der Waals surface area contributed by atoms with Gasteiger partial charge < -0.3 is 5.32 Å². The Labute approximate surface area is 93.2 Å². The van der Waals surface area contributed by atoms with Crippen molar-refractivity contribution in [3.8, 4) is 0 Å². The number of nitrogens with one attached hydrogen (secondary N) is 1. The molecule has 0 radical (unpaired) electrons. The normalized spacial score (nSPS) is 10.3. The summed E-state index contributed by atoms with van der Waals surface area (Å²) in [5.41, 5.74) is 3.15. The van der Waals surface area contributed by atoms with Crippen molar-refractivity contribution in [3.63, 3.8) is 0 Å². The van der Waals surface area contributed by atoms with Gasteiger partial charge in [-0.25, -0.2) is 4.98 Å². The first-order valence-corrected chi connectivity index (χ1v) is 5.70. The molecule has 2 aromatic heterocycles. The molecule has 4 heteroatoms. The van der Waals surface area contributed by atoms with Gasteiger partial charge in [-0.05, 0) is 26.0 Å². The van der Waals surface area contributed by atoms with Gasteiger partial charge in [-0.15, -0.1) is 11.3 Å². The summed E-state index contributed by atoms with van der Waals surface area (Å²) in [6, 6.07) is 6.03. The van der Waals surface area contributed by atoms with Crippen molar-refractivity contribution in [2.24, 2.45) is 0 Å². The topological polar surface area (TPSA) is 37.8 Å². The second-order valence-corrected chi connectivity index (χ2v) is 4.28. The fraction of sp³-hybridized carbons (Fsp3) is 0.273. The van der Waals surface area contributed by atoms with Gasteiger partial charge in [0.25, 0.3) is 0 Å². The Morgan fingerprint density at radius 1 is 1.20 bits per heavy atom. The van der Waals surface area contributed by atoms with Crippen LogP contribution in [0.3, 0.4) is 0 Å². The highest BCUT2D eigenvalue weighted by atomic mass is 32.1. The van der Waals surface area contributed by atoms with E-state index >= 15 is 0 Å². The van der Waals surface area contributed by atoms with E-state index in [-0.39, 0.29) is 0 Å². The van der Waals surface area contributed by atoms with Crippen LogP contribution in [0.15, 0.2) is 23.6 Å². The van der Waals surface area contributed by atoms with E-state index in [1.165, 1.54) is 0 Å². The molecule has 0 aliphatic rings. The number of hydrogen-bond acceptors (Lipinski definition) is 4. The summed E-state index contributed by atoms with van der Waals surface area (Å²) in [5, 5.41) is 6.24. The Morgan fingerprint density at radius 3 is 2.73 bits per heavy atom. The van der Waals surface area contributed by atoms with Gasteiger partial charge in [-0.3, -0.25) is 4.98 Å². The number of anilines is 1. The molecule has 1 N–H and O–H groups in total. The third-order valence-corrected chi connectivity index (χ3v) is 2.90. The first kappa shape index (κ1) is 10.1. The van der Waals surface area contributed by atoms with E-state index < -0.39 is 0 Å². The fourth-order valence-corrected chi connectivity index (χ4v) is 1.99. The maximum Gasteiger partial charge on any atom is 0.183 e. The van der Waals surface area contributed by atoms with Crippen molar-refractivity contribution >= 4 is 16.5 Å². The number of nitrogens with zero attached hydrogens (tertiary/aromatic N) is 2. The largest absolute Gasteiger partial charge is 0.356 e. The molecule has 15 heavy (non-hydrogen) atoms. The standard InChI is InChI=1S/C11H13N3S/c1-8-4-3-5-10(13-8)6-12-11-14-9(2)7-15-11/h3-5,7H,6H2,1-2H3,(H,12,14). The van der Waals surface area contributed by atoms with Crippen LogP contribution in [-0.4, -0.2) is 9.97 Å². The van der Waals surface area contributed by atoms with Crippen LogP contribution in [0.5, 0.6) is 0 Å². The Bertz CT molecular complexity index is 451. The molecular weight excluding hydrogens is 206 g/mol. The maximum atomic E-state index is 4.41. The van der Waals surface area contributed by atoms with Gasteiger partial charge in [0.2, 0.25) is 0 Å². The lowest BCUT2D eigenvalue weighted by Gasteiger charge is -2.02. The molecule has 0 spiro atoms. The number of thiazole rings is 1. The molecule has 0 saturated carbocycles. The first-order valence-electron chi connectivity index (χ1n) is 4.82. The Hall–Kier alpha value is -1.42. The molecule has 2 rings (SSSR count). The second kappa shape index (κ2) is 4.40. The predicted molar refractivity (Wildman–Crippen MR) is 63.2 cm³/mol. The zero-order valence-electron chi connectivity index (χ0n) is 8.82. The van der Waals surface area contributed by atoms with Crippen molar-refractivity contribution < 1.29 is 0 Å². The molecule has 0 saturated heterocycles. The van der Waals surface area contributed by atoms with Crippen LogP contribution in [0.4, 0.5) is 5.13 Å². The molecule has 0 aromatic carbocycles. The highest BCUT2D eigenvalue weighted by molar-refractivity contribution is 7.13.